The molecule has 0 bridgehead atoms. The summed E-state index contributed by atoms with van der Waals surface area (Å²) in [6.45, 7) is 2.27. The number of aromatic hydroxyl groups is 1. The molecule has 0 atom stereocenters. The zero-order valence-corrected chi connectivity index (χ0v) is 10.6. The standard InChI is InChI=1S/C14H19N3O/c1-9-4-6-14(15,7-5-9)13-16-11-3-2-10(18)8-12(11)17-13/h2-3,8-9,18H,4-7,15H2,1H3,(H,16,17). The number of fused-ring (bicyclic) bond motifs is 1. The fourth-order valence-corrected chi connectivity index (χ4v) is 2.75. The molecule has 1 fully saturated rings. The van der Waals surface area contributed by atoms with Crippen molar-refractivity contribution in [2.75, 3.05) is 0 Å². The van der Waals surface area contributed by atoms with Crippen molar-refractivity contribution in [3.05, 3.63) is 24.0 Å². The topological polar surface area (TPSA) is 74.9 Å². The summed E-state index contributed by atoms with van der Waals surface area (Å²) in [6.07, 6.45) is 4.25. The van der Waals surface area contributed by atoms with Crippen LogP contribution >= 0.6 is 0 Å². The molecule has 0 radical (unpaired) electrons. The van der Waals surface area contributed by atoms with Gasteiger partial charge in [0.05, 0.1) is 16.6 Å². The third kappa shape index (κ3) is 1.86. The van der Waals surface area contributed by atoms with E-state index in [1.54, 1.807) is 12.1 Å². The molecule has 0 spiro atoms. The molecular formula is C14H19N3O. The quantitative estimate of drug-likeness (QED) is 0.723. The summed E-state index contributed by atoms with van der Waals surface area (Å²) < 4.78 is 0. The van der Waals surface area contributed by atoms with Crippen LogP contribution in [-0.2, 0) is 5.54 Å². The number of imidazole rings is 1. The van der Waals surface area contributed by atoms with Gasteiger partial charge in [-0.15, -0.1) is 0 Å². The van der Waals surface area contributed by atoms with Crippen LogP contribution in [0.4, 0.5) is 0 Å². The molecule has 1 aromatic heterocycles. The van der Waals surface area contributed by atoms with Gasteiger partial charge in [-0.05, 0) is 43.7 Å². The lowest BCUT2D eigenvalue weighted by molar-refractivity contribution is 0.238. The van der Waals surface area contributed by atoms with E-state index in [1.165, 1.54) is 0 Å². The molecule has 1 aromatic carbocycles. The van der Waals surface area contributed by atoms with Crippen LogP contribution in [0.3, 0.4) is 0 Å². The minimum absolute atomic E-state index is 0.251. The van der Waals surface area contributed by atoms with Crippen LogP contribution in [0.15, 0.2) is 18.2 Å². The molecule has 0 unspecified atom stereocenters. The predicted octanol–water partition coefficient (Wildman–Crippen LogP) is 2.63. The Morgan fingerprint density at radius 3 is 2.83 bits per heavy atom. The maximum Gasteiger partial charge on any atom is 0.127 e. The van der Waals surface area contributed by atoms with Gasteiger partial charge in [0, 0.05) is 6.07 Å². The predicted molar refractivity (Wildman–Crippen MR) is 71.3 cm³/mol. The third-order valence-corrected chi connectivity index (χ3v) is 4.10. The highest BCUT2D eigenvalue weighted by Gasteiger charge is 2.34. The largest absolute Gasteiger partial charge is 0.508 e. The Balaban J connectivity index is 1.98. The van der Waals surface area contributed by atoms with Crippen molar-refractivity contribution in [3.63, 3.8) is 0 Å². The fourth-order valence-electron chi connectivity index (χ4n) is 2.75. The summed E-state index contributed by atoms with van der Waals surface area (Å²) in [7, 11) is 0. The van der Waals surface area contributed by atoms with Crippen molar-refractivity contribution < 1.29 is 5.11 Å². The molecule has 3 rings (SSSR count). The summed E-state index contributed by atoms with van der Waals surface area (Å²) in [5.41, 5.74) is 7.88. The number of hydrogen-bond acceptors (Lipinski definition) is 3. The first-order valence-corrected chi connectivity index (χ1v) is 6.55. The van der Waals surface area contributed by atoms with Crippen molar-refractivity contribution in [2.45, 2.75) is 38.1 Å². The number of nitrogens with two attached hydrogens (primary N) is 1. The first-order chi connectivity index (χ1) is 8.57. The average molecular weight is 245 g/mol. The molecular weight excluding hydrogens is 226 g/mol. The molecule has 1 heterocycles. The second-order valence-corrected chi connectivity index (χ2v) is 5.63. The van der Waals surface area contributed by atoms with Crippen molar-refractivity contribution in [2.24, 2.45) is 11.7 Å². The molecule has 2 aromatic rings. The van der Waals surface area contributed by atoms with E-state index in [4.69, 9.17) is 5.73 Å². The summed E-state index contributed by atoms with van der Waals surface area (Å²) in [6, 6.07) is 5.17. The maximum atomic E-state index is 9.47. The Morgan fingerprint density at radius 1 is 1.39 bits per heavy atom. The number of aromatic nitrogens is 2. The van der Waals surface area contributed by atoms with Crippen LogP contribution in [-0.4, -0.2) is 15.1 Å². The number of hydrogen-bond donors (Lipinski definition) is 3. The van der Waals surface area contributed by atoms with E-state index in [0.29, 0.717) is 0 Å². The van der Waals surface area contributed by atoms with Crippen molar-refractivity contribution in [1.82, 2.24) is 9.97 Å². The van der Waals surface area contributed by atoms with Crippen molar-refractivity contribution in [1.29, 1.82) is 0 Å². The smallest absolute Gasteiger partial charge is 0.127 e. The first kappa shape index (κ1) is 11.5. The van der Waals surface area contributed by atoms with E-state index >= 15 is 0 Å². The number of benzene rings is 1. The molecule has 0 saturated heterocycles. The number of phenolic OH excluding ortho intramolecular Hbond substituents is 1. The Kier molecular flexibility index (Phi) is 2.55. The van der Waals surface area contributed by atoms with Crippen molar-refractivity contribution in [3.8, 4) is 5.75 Å². The van der Waals surface area contributed by atoms with Gasteiger partial charge in [-0.1, -0.05) is 6.92 Å². The Hall–Kier alpha value is -1.55. The second-order valence-electron chi connectivity index (χ2n) is 5.63. The van der Waals surface area contributed by atoms with E-state index in [9.17, 15) is 5.11 Å². The van der Waals surface area contributed by atoms with Gasteiger partial charge in [0.15, 0.2) is 0 Å². The molecule has 18 heavy (non-hydrogen) atoms. The minimum Gasteiger partial charge on any atom is -0.508 e. The molecule has 1 saturated carbocycles. The summed E-state index contributed by atoms with van der Waals surface area (Å²) in [5, 5.41) is 9.47. The number of H-pyrrole nitrogens is 1. The number of nitrogens with zero attached hydrogens (tertiary/aromatic N) is 1. The second kappa shape index (κ2) is 3.99. The van der Waals surface area contributed by atoms with E-state index in [0.717, 1.165) is 48.5 Å². The van der Waals surface area contributed by atoms with Gasteiger partial charge in [-0.25, -0.2) is 4.98 Å². The lowest BCUT2D eigenvalue weighted by atomic mass is 9.77. The van der Waals surface area contributed by atoms with Gasteiger partial charge in [0.25, 0.3) is 0 Å². The molecule has 1 aliphatic carbocycles. The van der Waals surface area contributed by atoms with Crippen LogP contribution in [0.1, 0.15) is 38.4 Å². The summed E-state index contributed by atoms with van der Waals surface area (Å²) in [4.78, 5) is 7.85. The molecule has 96 valence electrons. The van der Waals surface area contributed by atoms with Gasteiger partial charge in [0.2, 0.25) is 0 Å². The Bertz CT molecular complexity index is 567. The van der Waals surface area contributed by atoms with Crippen LogP contribution in [0, 0.1) is 5.92 Å². The minimum atomic E-state index is -0.332. The van der Waals surface area contributed by atoms with E-state index < -0.39 is 0 Å². The van der Waals surface area contributed by atoms with Crippen LogP contribution in [0.2, 0.25) is 0 Å². The normalized spacial score (nSPS) is 28.7. The van der Waals surface area contributed by atoms with Crippen LogP contribution < -0.4 is 5.73 Å². The number of phenols is 1. The van der Waals surface area contributed by atoms with Crippen LogP contribution in [0.25, 0.3) is 11.0 Å². The zero-order valence-electron chi connectivity index (χ0n) is 10.6. The Morgan fingerprint density at radius 2 is 2.11 bits per heavy atom. The number of aromatic amines is 1. The van der Waals surface area contributed by atoms with E-state index in [2.05, 4.69) is 16.9 Å². The van der Waals surface area contributed by atoms with Gasteiger partial charge < -0.3 is 15.8 Å². The molecule has 4 N–H and O–H groups in total. The molecule has 4 heteroatoms. The zero-order chi connectivity index (χ0) is 12.8. The molecule has 1 aliphatic rings. The van der Waals surface area contributed by atoms with Gasteiger partial charge in [0.1, 0.15) is 11.6 Å². The van der Waals surface area contributed by atoms with E-state index in [-0.39, 0.29) is 11.3 Å². The highest BCUT2D eigenvalue weighted by molar-refractivity contribution is 5.76. The van der Waals surface area contributed by atoms with Crippen LogP contribution in [0.5, 0.6) is 5.75 Å². The SMILES string of the molecule is CC1CCC(N)(c2nc3ccc(O)cc3[nH]2)CC1. The Labute approximate surface area is 106 Å². The van der Waals surface area contributed by atoms with Gasteiger partial charge in [-0.3, -0.25) is 0 Å². The first-order valence-electron chi connectivity index (χ1n) is 6.55. The summed E-state index contributed by atoms with van der Waals surface area (Å²) in [5.74, 6) is 1.87. The highest BCUT2D eigenvalue weighted by atomic mass is 16.3. The summed E-state index contributed by atoms with van der Waals surface area (Å²) >= 11 is 0. The number of rotatable bonds is 1. The highest BCUT2D eigenvalue weighted by Crippen LogP contribution is 2.36. The van der Waals surface area contributed by atoms with Crippen molar-refractivity contribution >= 4 is 11.0 Å². The molecule has 0 amide bonds. The average Bonchev–Trinajstić information content (AvgIpc) is 2.77. The lowest BCUT2D eigenvalue weighted by Crippen LogP contribution is -2.41. The third-order valence-electron chi connectivity index (χ3n) is 4.10. The molecule has 4 nitrogen and oxygen atoms in total. The van der Waals surface area contributed by atoms with E-state index in [1.807, 2.05) is 6.07 Å². The lowest BCUT2D eigenvalue weighted by Gasteiger charge is -2.34. The molecule has 0 aliphatic heterocycles. The van der Waals surface area contributed by atoms with Gasteiger partial charge in [-0.2, -0.15) is 0 Å². The monoisotopic (exact) mass is 245 g/mol. The number of nitrogens with one attached hydrogen (secondary N) is 1. The maximum absolute atomic E-state index is 9.47. The van der Waals surface area contributed by atoms with Gasteiger partial charge >= 0.3 is 0 Å². The fraction of sp³-hybridized carbons (Fsp3) is 0.500.